The van der Waals surface area contributed by atoms with E-state index in [4.69, 9.17) is 9.72 Å². The van der Waals surface area contributed by atoms with E-state index in [1.807, 2.05) is 35.0 Å². The number of pyridine rings is 1. The molecule has 2 aliphatic rings. The van der Waals surface area contributed by atoms with Crippen LogP contribution in [0, 0.1) is 5.92 Å². The second-order valence-corrected chi connectivity index (χ2v) is 10.1. The minimum absolute atomic E-state index is 0.0124. The zero-order chi connectivity index (χ0) is 24.5. The summed E-state index contributed by atoms with van der Waals surface area (Å²) in [6, 6.07) is 10.3. The molecule has 0 spiro atoms. The van der Waals surface area contributed by atoms with Crippen LogP contribution in [-0.4, -0.2) is 69.0 Å². The molecule has 0 unspecified atom stereocenters. The number of anilines is 1. The van der Waals surface area contributed by atoms with Gasteiger partial charge in [0.15, 0.2) is 5.65 Å². The molecule has 4 aromatic rings. The largest absolute Gasteiger partial charge is 0.378 e. The fraction of sp³-hybridized carbons (Fsp3) is 0.400. The molecule has 1 aliphatic heterocycles. The summed E-state index contributed by atoms with van der Waals surface area (Å²) in [4.78, 5) is 26.4. The van der Waals surface area contributed by atoms with Gasteiger partial charge in [-0.15, -0.1) is 0 Å². The number of fused-ring (bicyclic) bond motifs is 2. The van der Waals surface area contributed by atoms with E-state index in [2.05, 4.69) is 46.9 Å². The highest BCUT2D eigenvalue weighted by Crippen LogP contribution is 2.30. The Morgan fingerprint density at radius 1 is 1.25 bits per heavy atom. The number of aromatic nitrogens is 5. The van der Waals surface area contributed by atoms with Crippen LogP contribution in [0.5, 0.6) is 0 Å². The average Bonchev–Trinajstić information content (AvgIpc) is 3.52. The number of ether oxygens (including phenoxy) is 1. The Hall–Kier alpha value is -3.15. The quantitative estimate of drug-likeness (QED) is 0.335. The third-order valence-corrected chi connectivity index (χ3v) is 7.45. The van der Waals surface area contributed by atoms with E-state index in [0.717, 1.165) is 54.4 Å². The van der Waals surface area contributed by atoms with E-state index < -0.39 is 0 Å². The Balaban J connectivity index is 1.15. The Bertz CT molecular complexity index is 1400. The summed E-state index contributed by atoms with van der Waals surface area (Å²) in [5.74, 6) is 0.630. The van der Waals surface area contributed by atoms with Crippen molar-refractivity contribution in [2.45, 2.75) is 31.3 Å². The van der Waals surface area contributed by atoms with Crippen molar-refractivity contribution in [3.63, 3.8) is 0 Å². The van der Waals surface area contributed by atoms with E-state index in [1.165, 1.54) is 0 Å². The standard InChI is InChI=1S/C25H27BrN8O2/c26-22-20-13-30-25(31-17-4-3-16(10-17)24(35)29-12-18-14-36-9-8-27-18)32-23(20)34(33-22)19-5-6-21-15(11-19)2-1-7-28-21/h1-2,5-7,11,13,16-18,27H,3-4,8-10,12,14H2,(H,29,35)(H,30,31,32)/t16-,17-,18-/m1/s1. The van der Waals surface area contributed by atoms with E-state index in [-0.39, 0.29) is 23.9 Å². The second kappa shape index (κ2) is 10.1. The van der Waals surface area contributed by atoms with Gasteiger partial charge in [-0.2, -0.15) is 10.1 Å². The third-order valence-electron chi connectivity index (χ3n) is 6.87. The number of carbonyl (C=O) groups is 1. The summed E-state index contributed by atoms with van der Waals surface area (Å²) >= 11 is 3.54. The van der Waals surface area contributed by atoms with Crippen LogP contribution in [0.15, 0.2) is 47.3 Å². The molecule has 3 N–H and O–H groups in total. The van der Waals surface area contributed by atoms with Gasteiger partial charge in [0, 0.05) is 48.9 Å². The first-order chi connectivity index (χ1) is 17.6. The van der Waals surface area contributed by atoms with Gasteiger partial charge in [-0.05, 0) is 59.5 Å². The summed E-state index contributed by atoms with van der Waals surface area (Å²) in [7, 11) is 0. The van der Waals surface area contributed by atoms with Crippen LogP contribution in [-0.2, 0) is 9.53 Å². The minimum atomic E-state index is -0.0124. The zero-order valence-corrected chi connectivity index (χ0v) is 21.2. The summed E-state index contributed by atoms with van der Waals surface area (Å²) in [5.41, 5.74) is 2.53. The number of nitrogens with zero attached hydrogens (tertiary/aromatic N) is 5. The summed E-state index contributed by atoms with van der Waals surface area (Å²) < 4.78 is 7.96. The number of hydrogen-bond donors (Lipinski definition) is 3. The number of carbonyl (C=O) groups excluding carboxylic acids is 1. The minimum Gasteiger partial charge on any atom is -0.378 e. The molecule has 1 saturated carbocycles. The second-order valence-electron chi connectivity index (χ2n) is 9.34. The van der Waals surface area contributed by atoms with Crippen molar-refractivity contribution in [2.75, 3.05) is 31.6 Å². The number of nitrogens with one attached hydrogen (secondary N) is 3. The van der Waals surface area contributed by atoms with Crippen molar-refractivity contribution in [3.05, 3.63) is 47.3 Å². The van der Waals surface area contributed by atoms with Gasteiger partial charge in [-0.25, -0.2) is 9.67 Å². The molecule has 11 heteroatoms. The van der Waals surface area contributed by atoms with Gasteiger partial charge < -0.3 is 20.7 Å². The lowest BCUT2D eigenvalue weighted by molar-refractivity contribution is -0.125. The van der Waals surface area contributed by atoms with Gasteiger partial charge in [0.05, 0.1) is 29.8 Å². The van der Waals surface area contributed by atoms with Crippen molar-refractivity contribution in [1.82, 2.24) is 35.4 Å². The fourth-order valence-corrected chi connectivity index (χ4v) is 5.40. The molecule has 4 heterocycles. The SMILES string of the molecule is O=C(NC[C@@H]1COCCN1)[C@@H]1CC[C@@H](Nc2ncc3c(Br)nn(-c4ccc5ncccc5c4)c3n2)C1. The van der Waals surface area contributed by atoms with Gasteiger partial charge in [-0.1, -0.05) is 6.07 Å². The van der Waals surface area contributed by atoms with Gasteiger partial charge in [0.2, 0.25) is 11.9 Å². The highest BCUT2D eigenvalue weighted by molar-refractivity contribution is 9.10. The lowest BCUT2D eigenvalue weighted by Crippen LogP contribution is -2.49. The van der Waals surface area contributed by atoms with Gasteiger partial charge >= 0.3 is 0 Å². The summed E-state index contributed by atoms with van der Waals surface area (Å²) in [5, 5.41) is 16.4. The van der Waals surface area contributed by atoms with E-state index >= 15 is 0 Å². The van der Waals surface area contributed by atoms with E-state index in [9.17, 15) is 4.79 Å². The maximum absolute atomic E-state index is 12.7. The van der Waals surface area contributed by atoms with Gasteiger partial charge in [-0.3, -0.25) is 9.78 Å². The van der Waals surface area contributed by atoms with Crippen LogP contribution in [0.3, 0.4) is 0 Å². The highest BCUT2D eigenvalue weighted by Gasteiger charge is 2.31. The predicted octanol–water partition coefficient (Wildman–Crippen LogP) is 2.81. The topological polar surface area (TPSA) is 119 Å². The Morgan fingerprint density at radius 3 is 3.08 bits per heavy atom. The molecular weight excluding hydrogens is 524 g/mol. The number of benzene rings is 1. The maximum atomic E-state index is 12.7. The first kappa shape index (κ1) is 23.3. The molecule has 36 heavy (non-hydrogen) atoms. The van der Waals surface area contributed by atoms with E-state index in [0.29, 0.717) is 29.4 Å². The van der Waals surface area contributed by atoms with Crippen LogP contribution in [0.2, 0.25) is 0 Å². The molecule has 10 nitrogen and oxygen atoms in total. The van der Waals surface area contributed by atoms with Crippen molar-refractivity contribution in [1.29, 1.82) is 0 Å². The Morgan fingerprint density at radius 2 is 2.19 bits per heavy atom. The molecular formula is C25H27BrN8O2. The van der Waals surface area contributed by atoms with Crippen molar-refractivity contribution in [2.24, 2.45) is 5.92 Å². The van der Waals surface area contributed by atoms with Crippen molar-refractivity contribution < 1.29 is 9.53 Å². The van der Waals surface area contributed by atoms with E-state index in [1.54, 1.807) is 12.4 Å². The maximum Gasteiger partial charge on any atom is 0.224 e. The normalized spacial score (nSPS) is 22.2. The van der Waals surface area contributed by atoms with Gasteiger partial charge in [0.25, 0.3) is 0 Å². The molecule has 1 saturated heterocycles. The van der Waals surface area contributed by atoms with Crippen LogP contribution in [0.1, 0.15) is 19.3 Å². The van der Waals surface area contributed by atoms with Crippen LogP contribution in [0.4, 0.5) is 5.95 Å². The van der Waals surface area contributed by atoms with Crippen molar-refractivity contribution in [3.8, 4) is 5.69 Å². The zero-order valence-electron chi connectivity index (χ0n) is 19.7. The molecule has 2 fully saturated rings. The monoisotopic (exact) mass is 550 g/mol. The summed E-state index contributed by atoms with van der Waals surface area (Å²) in [6.45, 7) is 2.79. The van der Waals surface area contributed by atoms with Crippen LogP contribution >= 0.6 is 15.9 Å². The number of rotatable bonds is 6. The average molecular weight is 551 g/mol. The molecule has 186 valence electrons. The predicted molar refractivity (Wildman–Crippen MR) is 140 cm³/mol. The molecule has 1 aliphatic carbocycles. The lowest BCUT2D eigenvalue weighted by atomic mass is 10.1. The highest BCUT2D eigenvalue weighted by atomic mass is 79.9. The number of halogens is 1. The molecule has 3 atom stereocenters. The Labute approximate surface area is 216 Å². The summed E-state index contributed by atoms with van der Waals surface area (Å²) in [6.07, 6.45) is 6.05. The fourth-order valence-electron chi connectivity index (χ4n) is 4.97. The molecule has 1 aromatic carbocycles. The first-order valence-corrected chi connectivity index (χ1v) is 13.0. The molecule has 0 radical (unpaired) electrons. The first-order valence-electron chi connectivity index (χ1n) is 12.3. The third kappa shape index (κ3) is 4.78. The molecule has 1 amide bonds. The molecule has 0 bridgehead atoms. The van der Waals surface area contributed by atoms with Crippen molar-refractivity contribution >= 4 is 49.7 Å². The van der Waals surface area contributed by atoms with Crippen LogP contribution < -0.4 is 16.0 Å². The molecule has 6 rings (SSSR count). The lowest BCUT2D eigenvalue weighted by Gasteiger charge is -2.24. The number of morpholine rings is 1. The number of hydrogen-bond acceptors (Lipinski definition) is 8. The Kier molecular flexibility index (Phi) is 6.51. The van der Waals surface area contributed by atoms with Gasteiger partial charge in [0.1, 0.15) is 4.60 Å². The smallest absolute Gasteiger partial charge is 0.224 e. The van der Waals surface area contributed by atoms with Crippen LogP contribution in [0.25, 0.3) is 27.6 Å². The number of amides is 1. The molecule has 3 aromatic heterocycles.